The van der Waals surface area contributed by atoms with Crippen molar-refractivity contribution in [1.29, 1.82) is 0 Å². The summed E-state index contributed by atoms with van der Waals surface area (Å²) in [5, 5.41) is 2.96. The number of carbonyl (C=O) groups excluding carboxylic acids is 2. The zero-order chi connectivity index (χ0) is 19.3. The summed E-state index contributed by atoms with van der Waals surface area (Å²) in [5.74, 6) is -0.300. The second-order valence-electron chi connectivity index (χ2n) is 7.42. The number of nitrogens with one attached hydrogen (secondary N) is 1. The second-order valence-corrected chi connectivity index (χ2v) is 7.42. The summed E-state index contributed by atoms with van der Waals surface area (Å²) in [6.45, 7) is 12.6. The number of benzene rings is 1. The number of ether oxygens (including phenoxy) is 1. The van der Waals surface area contributed by atoms with Crippen molar-refractivity contribution in [2.45, 2.75) is 58.6 Å². The number of carbonyl (C=O) groups is 2. The second kappa shape index (κ2) is 8.39. The maximum absolute atomic E-state index is 12.8. The van der Waals surface area contributed by atoms with E-state index in [1.54, 1.807) is 18.7 Å². The van der Waals surface area contributed by atoms with Crippen molar-refractivity contribution < 1.29 is 14.3 Å². The van der Waals surface area contributed by atoms with Crippen LogP contribution in [0.3, 0.4) is 0 Å². The number of amides is 2. The van der Waals surface area contributed by atoms with Gasteiger partial charge in [-0.15, -0.1) is 0 Å². The largest absolute Gasteiger partial charge is 0.432 e. The highest BCUT2D eigenvalue weighted by Crippen LogP contribution is 2.31. The third-order valence-electron chi connectivity index (χ3n) is 4.73. The molecule has 0 bridgehead atoms. The van der Waals surface area contributed by atoms with Crippen LogP contribution in [0.1, 0.15) is 64.0 Å². The van der Waals surface area contributed by atoms with Crippen LogP contribution in [0, 0.1) is 0 Å². The number of likely N-dealkylation sites (tertiary alicyclic amines) is 1. The molecule has 2 amide bonds. The van der Waals surface area contributed by atoms with Gasteiger partial charge in [0.05, 0.1) is 0 Å². The third kappa shape index (κ3) is 4.65. The first-order valence-electron chi connectivity index (χ1n) is 9.30. The van der Waals surface area contributed by atoms with Crippen LogP contribution in [0.2, 0.25) is 0 Å². The van der Waals surface area contributed by atoms with E-state index in [4.69, 9.17) is 4.74 Å². The van der Waals surface area contributed by atoms with E-state index in [2.05, 4.69) is 25.7 Å². The standard InChI is InChI=1S/C21H30N2O3/c1-15(2)17-11-7-8-12-18(17)21(5,26-19(24)16(3)4)22-20(25)23-13-9-6-10-14-23/h7-8,11-12,15H,3,6,9-10,13-14H2,1-2,4-5H3,(H,22,25). The van der Waals surface area contributed by atoms with Crippen LogP contribution in [-0.4, -0.2) is 30.0 Å². The Morgan fingerprint density at radius 2 is 1.81 bits per heavy atom. The van der Waals surface area contributed by atoms with Crippen molar-refractivity contribution in [3.05, 3.63) is 47.5 Å². The van der Waals surface area contributed by atoms with Crippen LogP contribution in [0.15, 0.2) is 36.4 Å². The molecule has 0 radical (unpaired) electrons. The van der Waals surface area contributed by atoms with Crippen LogP contribution in [0.5, 0.6) is 0 Å². The van der Waals surface area contributed by atoms with Gasteiger partial charge in [-0.1, -0.05) is 44.7 Å². The van der Waals surface area contributed by atoms with E-state index in [-0.39, 0.29) is 11.9 Å². The molecule has 1 aromatic carbocycles. The fraction of sp³-hybridized carbons (Fsp3) is 0.524. The van der Waals surface area contributed by atoms with Crippen LogP contribution >= 0.6 is 0 Å². The highest BCUT2D eigenvalue weighted by atomic mass is 16.6. The van der Waals surface area contributed by atoms with E-state index < -0.39 is 11.7 Å². The fourth-order valence-corrected chi connectivity index (χ4v) is 3.24. The molecule has 5 heteroatoms. The van der Waals surface area contributed by atoms with Gasteiger partial charge in [0.25, 0.3) is 0 Å². The Morgan fingerprint density at radius 3 is 2.38 bits per heavy atom. The summed E-state index contributed by atoms with van der Waals surface area (Å²) in [6, 6.07) is 7.53. The van der Waals surface area contributed by atoms with E-state index in [0.29, 0.717) is 5.57 Å². The molecule has 0 aromatic heterocycles. The average molecular weight is 358 g/mol. The summed E-state index contributed by atoms with van der Waals surface area (Å²) >= 11 is 0. The van der Waals surface area contributed by atoms with Crippen molar-refractivity contribution in [1.82, 2.24) is 10.2 Å². The van der Waals surface area contributed by atoms with E-state index in [9.17, 15) is 9.59 Å². The Labute approximate surface area is 156 Å². The molecule has 1 unspecified atom stereocenters. The van der Waals surface area contributed by atoms with E-state index in [1.165, 1.54) is 0 Å². The minimum absolute atomic E-state index is 0.208. The van der Waals surface area contributed by atoms with Gasteiger partial charge < -0.3 is 9.64 Å². The third-order valence-corrected chi connectivity index (χ3v) is 4.73. The summed E-state index contributed by atoms with van der Waals surface area (Å²) < 4.78 is 5.74. The van der Waals surface area contributed by atoms with Crippen LogP contribution in [0.25, 0.3) is 0 Å². The number of nitrogens with zero attached hydrogens (tertiary/aromatic N) is 1. The fourth-order valence-electron chi connectivity index (χ4n) is 3.24. The quantitative estimate of drug-likeness (QED) is 0.485. The van der Waals surface area contributed by atoms with Gasteiger partial charge in [0.2, 0.25) is 5.72 Å². The van der Waals surface area contributed by atoms with E-state index in [0.717, 1.165) is 43.5 Å². The molecule has 1 fully saturated rings. The molecular weight excluding hydrogens is 328 g/mol. The zero-order valence-electron chi connectivity index (χ0n) is 16.3. The molecule has 1 heterocycles. The summed E-state index contributed by atoms with van der Waals surface area (Å²) in [5.41, 5.74) is 0.856. The van der Waals surface area contributed by atoms with Crippen molar-refractivity contribution in [2.24, 2.45) is 0 Å². The van der Waals surface area contributed by atoms with E-state index >= 15 is 0 Å². The summed E-state index contributed by atoms with van der Waals surface area (Å²) in [7, 11) is 0. The molecule has 0 saturated carbocycles. The number of rotatable bonds is 5. The minimum Gasteiger partial charge on any atom is -0.432 e. The van der Waals surface area contributed by atoms with Crippen molar-refractivity contribution in [2.75, 3.05) is 13.1 Å². The van der Waals surface area contributed by atoms with Gasteiger partial charge in [-0.25, -0.2) is 9.59 Å². The van der Waals surface area contributed by atoms with Gasteiger partial charge in [0.1, 0.15) is 0 Å². The first kappa shape index (κ1) is 20.0. The van der Waals surface area contributed by atoms with E-state index in [1.807, 2.05) is 24.3 Å². The number of esters is 1. The Hall–Kier alpha value is -2.30. The Morgan fingerprint density at radius 1 is 1.19 bits per heavy atom. The number of hydrogen-bond donors (Lipinski definition) is 1. The van der Waals surface area contributed by atoms with Gasteiger partial charge in [0.15, 0.2) is 0 Å². The number of urea groups is 1. The normalized spacial score (nSPS) is 16.7. The Bertz CT molecular complexity index is 678. The SMILES string of the molecule is C=C(C)C(=O)OC(C)(NC(=O)N1CCCCC1)c1ccccc1C(C)C. The van der Waals surface area contributed by atoms with Crippen molar-refractivity contribution in [3.63, 3.8) is 0 Å². The number of hydrogen-bond acceptors (Lipinski definition) is 3. The predicted molar refractivity (Wildman–Crippen MR) is 103 cm³/mol. The van der Waals surface area contributed by atoms with Crippen LogP contribution in [0.4, 0.5) is 4.79 Å². The van der Waals surface area contributed by atoms with Gasteiger partial charge in [-0.05, 0) is 44.6 Å². The molecule has 26 heavy (non-hydrogen) atoms. The molecule has 142 valence electrons. The molecule has 0 spiro atoms. The van der Waals surface area contributed by atoms with Gasteiger partial charge >= 0.3 is 12.0 Å². The van der Waals surface area contributed by atoms with Crippen LogP contribution in [-0.2, 0) is 15.3 Å². The van der Waals surface area contributed by atoms with Crippen LogP contribution < -0.4 is 5.32 Å². The summed E-state index contributed by atoms with van der Waals surface area (Å²) in [6.07, 6.45) is 3.14. The molecule has 1 saturated heterocycles. The highest BCUT2D eigenvalue weighted by Gasteiger charge is 2.37. The lowest BCUT2D eigenvalue weighted by atomic mass is 9.91. The molecule has 5 nitrogen and oxygen atoms in total. The summed E-state index contributed by atoms with van der Waals surface area (Å²) in [4.78, 5) is 26.9. The van der Waals surface area contributed by atoms with Crippen molar-refractivity contribution in [3.8, 4) is 0 Å². The minimum atomic E-state index is -1.26. The van der Waals surface area contributed by atoms with Gasteiger partial charge in [-0.3, -0.25) is 5.32 Å². The highest BCUT2D eigenvalue weighted by molar-refractivity contribution is 5.87. The molecule has 1 atom stereocenters. The van der Waals surface area contributed by atoms with Gasteiger partial charge in [-0.2, -0.15) is 0 Å². The Kier molecular flexibility index (Phi) is 6.46. The maximum atomic E-state index is 12.8. The monoisotopic (exact) mass is 358 g/mol. The number of piperidine rings is 1. The molecule has 1 N–H and O–H groups in total. The first-order valence-corrected chi connectivity index (χ1v) is 9.30. The Balaban J connectivity index is 2.37. The van der Waals surface area contributed by atoms with Gasteiger partial charge in [0, 0.05) is 24.2 Å². The molecule has 1 aliphatic heterocycles. The molecule has 0 aliphatic carbocycles. The lowest BCUT2D eigenvalue weighted by Gasteiger charge is -2.36. The molecule has 1 aromatic rings. The smallest absolute Gasteiger partial charge is 0.335 e. The molecule has 1 aliphatic rings. The maximum Gasteiger partial charge on any atom is 0.335 e. The lowest BCUT2D eigenvalue weighted by molar-refractivity contribution is -0.156. The average Bonchev–Trinajstić information content (AvgIpc) is 2.62. The first-order chi connectivity index (χ1) is 12.2. The topological polar surface area (TPSA) is 58.6 Å². The zero-order valence-corrected chi connectivity index (χ0v) is 16.3. The molecule has 2 rings (SSSR count). The molecular formula is C21H30N2O3. The van der Waals surface area contributed by atoms with Crippen molar-refractivity contribution >= 4 is 12.0 Å². The predicted octanol–water partition coefficient (Wildman–Crippen LogP) is 4.30. The lowest BCUT2D eigenvalue weighted by Crippen LogP contribution is -2.53.